The zero-order valence-corrected chi connectivity index (χ0v) is 30.9. The molecule has 9 nitrogen and oxygen atoms in total. The standard InChI is InChI=1S/C39H37BrN2O7S/c1-6-46-32-18-24(16-17-30(32)49-22-26-14-11-13-25-12-9-10-15-27(25)26)19-34-37(43)42-36(28-20-31(45-5)33(47-7-2)21-29(28)40)35(38(44)48-8-3)23(4)41-39(42)50-34/h9-21,36H,6-8,22H2,1-5H3/b34-19+/t36-/m1/s1. The number of nitrogens with zero attached hydrogens (tertiary/aromatic N) is 2. The number of benzene rings is 4. The number of thiazole rings is 1. The molecular formula is C39H37BrN2O7S. The van der Waals surface area contributed by atoms with Gasteiger partial charge in [0.25, 0.3) is 5.56 Å². The number of halogens is 1. The maximum Gasteiger partial charge on any atom is 0.338 e. The van der Waals surface area contributed by atoms with Crippen molar-refractivity contribution in [1.82, 2.24) is 4.57 Å². The van der Waals surface area contributed by atoms with Crippen molar-refractivity contribution in [2.75, 3.05) is 26.9 Å². The van der Waals surface area contributed by atoms with Crippen LogP contribution in [-0.2, 0) is 16.1 Å². The third-order valence-corrected chi connectivity index (χ3v) is 9.89. The minimum atomic E-state index is -0.838. The van der Waals surface area contributed by atoms with Crippen molar-refractivity contribution in [3.8, 4) is 23.0 Å². The lowest BCUT2D eigenvalue weighted by molar-refractivity contribution is -0.139. The van der Waals surface area contributed by atoms with Gasteiger partial charge in [-0.25, -0.2) is 9.79 Å². The normalized spacial score (nSPS) is 14.3. The van der Waals surface area contributed by atoms with Crippen LogP contribution in [0.1, 0.15) is 50.4 Å². The smallest absolute Gasteiger partial charge is 0.338 e. The van der Waals surface area contributed by atoms with Crippen LogP contribution in [0.15, 0.2) is 98.3 Å². The molecule has 1 aromatic heterocycles. The molecule has 1 atom stereocenters. The van der Waals surface area contributed by atoms with E-state index in [0.29, 0.717) is 67.9 Å². The van der Waals surface area contributed by atoms with Crippen LogP contribution in [0.3, 0.4) is 0 Å². The van der Waals surface area contributed by atoms with Crippen molar-refractivity contribution in [2.45, 2.75) is 40.3 Å². The topological polar surface area (TPSA) is 97.6 Å². The molecular weight excluding hydrogens is 720 g/mol. The van der Waals surface area contributed by atoms with Crippen LogP contribution in [0.2, 0.25) is 0 Å². The van der Waals surface area contributed by atoms with Crippen LogP contribution in [0.5, 0.6) is 23.0 Å². The van der Waals surface area contributed by atoms with Gasteiger partial charge in [0.05, 0.1) is 48.8 Å². The lowest BCUT2D eigenvalue weighted by Crippen LogP contribution is -2.40. The van der Waals surface area contributed by atoms with Gasteiger partial charge in [0.15, 0.2) is 27.8 Å². The third-order valence-electron chi connectivity index (χ3n) is 8.22. The number of methoxy groups -OCH3 is 1. The van der Waals surface area contributed by atoms with Gasteiger partial charge in [0.1, 0.15) is 6.61 Å². The number of aromatic nitrogens is 1. The maximum absolute atomic E-state index is 14.3. The average molecular weight is 758 g/mol. The Morgan fingerprint density at radius 3 is 2.38 bits per heavy atom. The largest absolute Gasteiger partial charge is 0.493 e. The zero-order valence-electron chi connectivity index (χ0n) is 28.4. The van der Waals surface area contributed by atoms with E-state index in [1.165, 1.54) is 11.3 Å². The summed E-state index contributed by atoms with van der Waals surface area (Å²) in [6.45, 7) is 8.70. The SMILES string of the molecule is CCOC(=O)C1=C(C)N=c2s/c(=C/c3ccc(OCc4cccc5ccccc45)c(OCC)c3)c(=O)n2[C@@H]1c1cc(OC)c(OCC)cc1Br. The number of ether oxygens (including phenoxy) is 5. The molecule has 6 rings (SSSR count). The Bertz CT molecular complexity index is 2290. The summed E-state index contributed by atoms with van der Waals surface area (Å²) >= 11 is 4.91. The van der Waals surface area contributed by atoms with Crippen molar-refractivity contribution in [1.29, 1.82) is 0 Å². The second kappa shape index (κ2) is 15.3. The molecule has 0 N–H and O–H groups in total. The summed E-state index contributed by atoms with van der Waals surface area (Å²) in [5, 5.41) is 2.28. The molecule has 0 bridgehead atoms. The first-order valence-corrected chi connectivity index (χ1v) is 17.9. The summed E-state index contributed by atoms with van der Waals surface area (Å²) in [4.78, 5) is 32.9. The Kier molecular flexibility index (Phi) is 10.7. The summed E-state index contributed by atoms with van der Waals surface area (Å²) in [5.41, 5.74) is 2.87. The molecule has 2 heterocycles. The molecule has 258 valence electrons. The Hall–Kier alpha value is -4.87. The van der Waals surface area contributed by atoms with Gasteiger partial charge in [0, 0.05) is 4.47 Å². The molecule has 50 heavy (non-hydrogen) atoms. The van der Waals surface area contributed by atoms with E-state index in [0.717, 1.165) is 21.9 Å². The van der Waals surface area contributed by atoms with Crippen LogP contribution >= 0.6 is 27.3 Å². The number of carbonyl (C=O) groups is 1. The molecule has 0 saturated carbocycles. The molecule has 1 aliphatic rings. The number of hydrogen-bond acceptors (Lipinski definition) is 9. The Labute approximate surface area is 302 Å². The van der Waals surface area contributed by atoms with Crippen molar-refractivity contribution in [3.05, 3.63) is 125 Å². The summed E-state index contributed by atoms with van der Waals surface area (Å²) < 4.78 is 31.8. The van der Waals surface area contributed by atoms with E-state index in [9.17, 15) is 9.59 Å². The lowest BCUT2D eigenvalue weighted by atomic mass is 9.95. The third kappa shape index (κ3) is 6.93. The molecule has 0 fully saturated rings. The molecule has 0 aliphatic carbocycles. The second-order valence-corrected chi connectivity index (χ2v) is 13.2. The number of rotatable bonds is 12. The molecule has 5 aromatic rings. The van der Waals surface area contributed by atoms with Crippen molar-refractivity contribution < 1.29 is 28.5 Å². The highest BCUT2D eigenvalue weighted by atomic mass is 79.9. The predicted molar refractivity (Wildman–Crippen MR) is 198 cm³/mol. The number of esters is 1. The van der Waals surface area contributed by atoms with Gasteiger partial charge in [-0.15, -0.1) is 0 Å². The Morgan fingerprint density at radius 2 is 1.64 bits per heavy atom. The van der Waals surface area contributed by atoms with E-state index < -0.39 is 12.0 Å². The fourth-order valence-corrected chi connectivity index (χ4v) is 7.59. The molecule has 0 amide bonds. The van der Waals surface area contributed by atoms with Gasteiger partial charge < -0.3 is 23.7 Å². The van der Waals surface area contributed by atoms with Crippen LogP contribution in [0.4, 0.5) is 0 Å². The van der Waals surface area contributed by atoms with Crippen molar-refractivity contribution in [2.24, 2.45) is 4.99 Å². The summed E-state index contributed by atoms with van der Waals surface area (Å²) in [6.07, 6.45) is 1.80. The molecule has 0 saturated heterocycles. The minimum Gasteiger partial charge on any atom is -0.493 e. The number of fused-ring (bicyclic) bond motifs is 2. The first kappa shape index (κ1) is 35.0. The summed E-state index contributed by atoms with van der Waals surface area (Å²) in [7, 11) is 1.55. The zero-order chi connectivity index (χ0) is 35.4. The Balaban J connectivity index is 1.41. The van der Waals surface area contributed by atoms with Gasteiger partial charge in [-0.05, 0) is 85.5 Å². The number of hydrogen-bond donors (Lipinski definition) is 0. The molecule has 4 aromatic carbocycles. The molecule has 0 unspecified atom stereocenters. The highest BCUT2D eigenvalue weighted by Gasteiger charge is 2.35. The van der Waals surface area contributed by atoms with E-state index >= 15 is 0 Å². The van der Waals surface area contributed by atoms with Gasteiger partial charge in [-0.3, -0.25) is 9.36 Å². The number of carbonyl (C=O) groups excluding carboxylic acids is 1. The van der Waals surface area contributed by atoms with Crippen LogP contribution in [0.25, 0.3) is 16.8 Å². The summed E-state index contributed by atoms with van der Waals surface area (Å²) in [6, 6.07) is 22.7. The quantitative estimate of drug-likeness (QED) is 0.125. The highest BCUT2D eigenvalue weighted by molar-refractivity contribution is 9.10. The number of allylic oxidation sites excluding steroid dienone is 1. The minimum absolute atomic E-state index is 0.171. The fourth-order valence-electron chi connectivity index (χ4n) is 6.00. The van der Waals surface area contributed by atoms with Crippen molar-refractivity contribution in [3.63, 3.8) is 0 Å². The van der Waals surface area contributed by atoms with Gasteiger partial charge >= 0.3 is 5.97 Å². The highest BCUT2D eigenvalue weighted by Crippen LogP contribution is 2.41. The van der Waals surface area contributed by atoms with Gasteiger partial charge in [0.2, 0.25) is 0 Å². The Morgan fingerprint density at radius 1 is 0.900 bits per heavy atom. The second-order valence-electron chi connectivity index (χ2n) is 11.3. The van der Waals surface area contributed by atoms with Crippen LogP contribution in [-0.4, -0.2) is 37.5 Å². The van der Waals surface area contributed by atoms with E-state index in [1.54, 1.807) is 43.7 Å². The predicted octanol–water partition coefficient (Wildman–Crippen LogP) is 7.10. The van der Waals surface area contributed by atoms with E-state index in [1.807, 2.05) is 50.2 Å². The lowest BCUT2D eigenvalue weighted by Gasteiger charge is -2.26. The van der Waals surface area contributed by atoms with Crippen LogP contribution < -0.4 is 33.8 Å². The fraction of sp³-hybridized carbons (Fsp3) is 0.256. The molecule has 0 radical (unpaired) electrons. The first-order chi connectivity index (χ1) is 24.3. The van der Waals surface area contributed by atoms with E-state index in [-0.39, 0.29) is 17.7 Å². The maximum atomic E-state index is 14.3. The van der Waals surface area contributed by atoms with Crippen LogP contribution in [0, 0.1) is 0 Å². The van der Waals surface area contributed by atoms with E-state index in [2.05, 4.69) is 40.2 Å². The molecule has 1 aliphatic heterocycles. The van der Waals surface area contributed by atoms with Gasteiger partial charge in [-0.1, -0.05) is 75.8 Å². The van der Waals surface area contributed by atoms with Crippen molar-refractivity contribution >= 4 is 50.1 Å². The molecule has 0 spiro atoms. The van der Waals surface area contributed by atoms with E-state index in [4.69, 9.17) is 28.7 Å². The average Bonchev–Trinajstić information content (AvgIpc) is 3.41. The summed E-state index contributed by atoms with van der Waals surface area (Å²) in [5.74, 6) is 1.62. The first-order valence-electron chi connectivity index (χ1n) is 16.3. The molecule has 11 heteroatoms. The van der Waals surface area contributed by atoms with Gasteiger partial charge in [-0.2, -0.15) is 0 Å². The monoisotopic (exact) mass is 756 g/mol.